The second kappa shape index (κ2) is 4.70. The molecule has 0 bridgehead atoms. The van der Waals surface area contributed by atoms with E-state index in [1.54, 1.807) is 12.1 Å². The molecule has 0 saturated carbocycles. The van der Waals surface area contributed by atoms with Crippen molar-refractivity contribution in [3.05, 3.63) is 23.3 Å². The quantitative estimate of drug-likeness (QED) is 0.644. The number of aldehydes is 2. The van der Waals surface area contributed by atoms with Crippen molar-refractivity contribution >= 4 is 23.5 Å². The van der Waals surface area contributed by atoms with Crippen LogP contribution in [0.15, 0.2) is 17.0 Å². The van der Waals surface area contributed by atoms with Crippen LogP contribution < -0.4 is 0 Å². The van der Waals surface area contributed by atoms with Crippen LogP contribution in [-0.4, -0.2) is 29.2 Å². The van der Waals surface area contributed by atoms with Gasteiger partial charge in [0.15, 0.2) is 17.5 Å². The molecule has 1 aromatic rings. The minimum Gasteiger partial charge on any atom is -0.506 e. The summed E-state index contributed by atoms with van der Waals surface area (Å²) in [6.07, 6.45) is 3.62. The van der Waals surface area contributed by atoms with Crippen LogP contribution in [0.25, 0.3) is 0 Å². The van der Waals surface area contributed by atoms with Gasteiger partial charge >= 0.3 is 0 Å². The standard InChI is InChI=1S/C12H12O3S/c13-7-9-5-11(16-3-1-2-4-16)6-10(8-14)12(9)15/h5-8H,1-4H2/p+1. The lowest BCUT2D eigenvalue weighted by atomic mass is 10.1. The average Bonchev–Trinajstić information content (AvgIpc) is 2.83. The van der Waals surface area contributed by atoms with Crippen molar-refractivity contribution in [3.8, 4) is 5.75 Å². The van der Waals surface area contributed by atoms with Gasteiger partial charge < -0.3 is 5.11 Å². The number of phenols is 1. The average molecular weight is 237 g/mol. The lowest BCUT2D eigenvalue weighted by Gasteiger charge is -2.05. The number of rotatable bonds is 3. The Bertz CT molecular complexity index is 393. The highest BCUT2D eigenvalue weighted by Gasteiger charge is 2.28. The highest BCUT2D eigenvalue weighted by atomic mass is 32.2. The zero-order chi connectivity index (χ0) is 11.5. The number of carbonyl (C=O) groups is 2. The SMILES string of the molecule is O=Cc1cc([S+]2CCCC2)cc(C=O)c1O. The van der Waals surface area contributed by atoms with Gasteiger partial charge in [0.1, 0.15) is 17.3 Å². The summed E-state index contributed by atoms with van der Waals surface area (Å²) in [6.45, 7) is 0. The molecule has 0 spiro atoms. The van der Waals surface area contributed by atoms with Crippen molar-refractivity contribution < 1.29 is 14.7 Å². The van der Waals surface area contributed by atoms with Crippen molar-refractivity contribution in [2.45, 2.75) is 17.7 Å². The van der Waals surface area contributed by atoms with Gasteiger partial charge in [-0.15, -0.1) is 0 Å². The number of hydrogen-bond donors (Lipinski definition) is 1. The maximum absolute atomic E-state index is 10.8. The van der Waals surface area contributed by atoms with Gasteiger partial charge in [-0.3, -0.25) is 9.59 Å². The summed E-state index contributed by atoms with van der Waals surface area (Å²) in [7, 11) is 0.148. The smallest absolute Gasteiger partial charge is 0.156 e. The van der Waals surface area contributed by atoms with Crippen molar-refractivity contribution in [2.24, 2.45) is 0 Å². The van der Waals surface area contributed by atoms with Crippen LogP contribution in [-0.2, 0) is 10.9 Å². The van der Waals surface area contributed by atoms with Gasteiger partial charge in [-0.1, -0.05) is 0 Å². The van der Waals surface area contributed by atoms with E-state index in [-0.39, 0.29) is 27.8 Å². The van der Waals surface area contributed by atoms with E-state index in [1.807, 2.05) is 0 Å². The predicted molar refractivity (Wildman–Crippen MR) is 63.5 cm³/mol. The maximum Gasteiger partial charge on any atom is 0.156 e. The molecule has 4 heteroatoms. The minimum absolute atomic E-state index is 0.148. The van der Waals surface area contributed by atoms with Crippen LogP contribution >= 0.6 is 0 Å². The summed E-state index contributed by atoms with van der Waals surface area (Å²) < 4.78 is 0. The van der Waals surface area contributed by atoms with Gasteiger partial charge in [0.2, 0.25) is 0 Å². The monoisotopic (exact) mass is 237 g/mol. The number of phenolic OH excluding ortho intramolecular Hbond substituents is 1. The summed E-state index contributed by atoms with van der Waals surface area (Å²) in [5, 5.41) is 9.60. The number of carbonyl (C=O) groups excluding carboxylic acids is 2. The number of hydrogen-bond acceptors (Lipinski definition) is 3. The molecule has 16 heavy (non-hydrogen) atoms. The molecule has 1 N–H and O–H groups in total. The van der Waals surface area contributed by atoms with E-state index < -0.39 is 0 Å². The van der Waals surface area contributed by atoms with Crippen LogP contribution in [0.1, 0.15) is 33.6 Å². The van der Waals surface area contributed by atoms with Crippen molar-refractivity contribution in [2.75, 3.05) is 11.5 Å². The summed E-state index contributed by atoms with van der Waals surface area (Å²) in [5.41, 5.74) is 0.443. The van der Waals surface area contributed by atoms with Gasteiger partial charge in [0.25, 0.3) is 0 Å². The molecule has 1 aliphatic heterocycles. The maximum atomic E-state index is 10.8. The highest BCUT2D eigenvalue weighted by Crippen LogP contribution is 2.29. The van der Waals surface area contributed by atoms with E-state index >= 15 is 0 Å². The Morgan fingerprint density at radius 3 is 2.00 bits per heavy atom. The molecule has 1 fully saturated rings. The zero-order valence-corrected chi connectivity index (χ0v) is 9.63. The first kappa shape index (κ1) is 11.2. The molecule has 1 aliphatic rings. The molecule has 0 radical (unpaired) electrons. The van der Waals surface area contributed by atoms with Crippen LogP contribution in [0.2, 0.25) is 0 Å². The van der Waals surface area contributed by atoms with Gasteiger partial charge in [0.05, 0.1) is 11.1 Å². The van der Waals surface area contributed by atoms with Crippen LogP contribution in [0.3, 0.4) is 0 Å². The van der Waals surface area contributed by atoms with Crippen LogP contribution in [0.4, 0.5) is 0 Å². The molecule has 0 aliphatic carbocycles. The summed E-state index contributed by atoms with van der Waals surface area (Å²) in [6, 6.07) is 3.42. The molecular formula is C12H13O3S+. The number of benzene rings is 1. The van der Waals surface area contributed by atoms with E-state index in [4.69, 9.17) is 0 Å². The van der Waals surface area contributed by atoms with Gasteiger partial charge in [0, 0.05) is 23.0 Å². The van der Waals surface area contributed by atoms with Gasteiger partial charge in [-0.2, -0.15) is 0 Å². The normalized spacial score (nSPS) is 16.2. The first-order valence-electron chi connectivity index (χ1n) is 5.21. The van der Waals surface area contributed by atoms with Gasteiger partial charge in [-0.25, -0.2) is 0 Å². The molecule has 84 valence electrons. The molecule has 1 aromatic carbocycles. The van der Waals surface area contributed by atoms with Crippen molar-refractivity contribution in [3.63, 3.8) is 0 Å². The fourth-order valence-electron chi connectivity index (χ4n) is 1.89. The third-order valence-electron chi connectivity index (χ3n) is 2.76. The zero-order valence-electron chi connectivity index (χ0n) is 8.81. The lowest BCUT2D eigenvalue weighted by molar-refractivity contribution is 0.112. The molecule has 0 aromatic heterocycles. The van der Waals surface area contributed by atoms with Crippen LogP contribution in [0, 0.1) is 0 Å². The fourth-order valence-corrected chi connectivity index (χ4v) is 4.26. The van der Waals surface area contributed by atoms with Crippen molar-refractivity contribution in [1.82, 2.24) is 0 Å². The summed E-state index contributed by atoms with van der Waals surface area (Å²) in [5.74, 6) is 2.06. The summed E-state index contributed by atoms with van der Waals surface area (Å²) >= 11 is 0. The second-order valence-corrected chi connectivity index (χ2v) is 6.07. The van der Waals surface area contributed by atoms with Gasteiger partial charge in [-0.05, 0) is 12.8 Å². The van der Waals surface area contributed by atoms with E-state index in [1.165, 1.54) is 12.8 Å². The Morgan fingerprint density at radius 2 is 1.56 bits per heavy atom. The first-order valence-corrected chi connectivity index (χ1v) is 6.77. The first-order chi connectivity index (χ1) is 7.76. The molecule has 1 saturated heterocycles. The molecule has 1 heterocycles. The third-order valence-corrected chi connectivity index (χ3v) is 5.23. The Hall–Kier alpha value is -1.29. The van der Waals surface area contributed by atoms with E-state index in [2.05, 4.69) is 0 Å². The third kappa shape index (κ3) is 1.97. The molecule has 0 amide bonds. The fraction of sp³-hybridized carbons (Fsp3) is 0.333. The Kier molecular flexibility index (Phi) is 3.29. The largest absolute Gasteiger partial charge is 0.506 e. The molecular weight excluding hydrogens is 224 g/mol. The number of aromatic hydroxyl groups is 1. The molecule has 3 nitrogen and oxygen atoms in total. The van der Waals surface area contributed by atoms with Crippen molar-refractivity contribution in [1.29, 1.82) is 0 Å². The topological polar surface area (TPSA) is 54.4 Å². The van der Waals surface area contributed by atoms with E-state index in [0.29, 0.717) is 12.6 Å². The Morgan fingerprint density at radius 1 is 1.06 bits per heavy atom. The Balaban J connectivity index is 2.45. The predicted octanol–water partition coefficient (Wildman–Crippen LogP) is 1.79. The summed E-state index contributed by atoms with van der Waals surface area (Å²) in [4.78, 5) is 22.6. The van der Waals surface area contributed by atoms with E-state index in [0.717, 1.165) is 16.4 Å². The van der Waals surface area contributed by atoms with Crippen LogP contribution in [0.5, 0.6) is 5.75 Å². The lowest BCUT2D eigenvalue weighted by Crippen LogP contribution is -2.05. The Labute approximate surface area is 96.8 Å². The molecule has 0 atom stereocenters. The van der Waals surface area contributed by atoms with E-state index in [9.17, 15) is 14.7 Å². The highest BCUT2D eigenvalue weighted by molar-refractivity contribution is 7.97. The molecule has 0 unspecified atom stereocenters. The second-order valence-electron chi connectivity index (χ2n) is 3.79. The minimum atomic E-state index is -0.198. The molecule has 2 rings (SSSR count).